The van der Waals surface area contributed by atoms with Gasteiger partial charge in [0.25, 0.3) is 0 Å². The molecule has 1 heterocycles. The molecule has 0 unspecified atom stereocenters. The average molecular weight is 239 g/mol. The predicted molar refractivity (Wildman–Crippen MR) is 61.1 cm³/mol. The van der Waals surface area contributed by atoms with Crippen molar-refractivity contribution in [2.24, 2.45) is 0 Å². The van der Waals surface area contributed by atoms with Crippen LogP contribution in [0.1, 0.15) is 0 Å². The van der Waals surface area contributed by atoms with E-state index in [9.17, 15) is 4.39 Å². The van der Waals surface area contributed by atoms with E-state index in [1.54, 1.807) is 0 Å². The van der Waals surface area contributed by atoms with Crippen LogP contribution in [0.5, 0.6) is 0 Å². The molecule has 0 saturated carbocycles. The molecule has 0 saturated heterocycles. The van der Waals surface area contributed by atoms with E-state index < -0.39 is 5.82 Å². The number of nitrogens with zero attached hydrogens (tertiary/aromatic N) is 2. The second-order valence-electron chi connectivity index (χ2n) is 3.09. The molecule has 2 rings (SSSR count). The second kappa shape index (κ2) is 4.32. The molecule has 0 fully saturated rings. The van der Waals surface area contributed by atoms with E-state index in [0.717, 1.165) is 0 Å². The van der Waals surface area contributed by atoms with Crippen molar-refractivity contribution >= 4 is 28.9 Å². The van der Waals surface area contributed by atoms with Crippen LogP contribution >= 0.6 is 11.6 Å². The van der Waals surface area contributed by atoms with E-state index >= 15 is 0 Å². The first-order valence-corrected chi connectivity index (χ1v) is 4.82. The SMILES string of the molecule is Nc1cnc(Nc2cc(Cl)ccc2F)nc1. The van der Waals surface area contributed by atoms with Crippen LogP contribution in [0.2, 0.25) is 5.02 Å². The molecule has 0 atom stereocenters. The van der Waals surface area contributed by atoms with Crippen LogP contribution in [0.4, 0.5) is 21.7 Å². The number of aromatic nitrogens is 2. The fraction of sp³-hybridized carbons (Fsp3) is 0. The molecular weight excluding hydrogens is 231 g/mol. The van der Waals surface area contributed by atoms with Gasteiger partial charge in [-0.05, 0) is 18.2 Å². The quantitative estimate of drug-likeness (QED) is 0.844. The first-order chi connectivity index (χ1) is 7.65. The van der Waals surface area contributed by atoms with Gasteiger partial charge in [0.15, 0.2) is 0 Å². The fourth-order valence-electron chi connectivity index (χ4n) is 1.12. The average Bonchev–Trinajstić information content (AvgIpc) is 2.27. The van der Waals surface area contributed by atoms with Gasteiger partial charge in [0.1, 0.15) is 5.82 Å². The number of halogens is 2. The topological polar surface area (TPSA) is 63.8 Å². The number of anilines is 3. The Bertz CT molecular complexity index is 501. The predicted octanol–water partition coefficient (Wildman–Crippen LogP) is 2.59. The first kappa shape index (κ1) is 10.6. The summed E-state index contributed by atoms with van der Waals surface area (Å²) in [7, 11) is 0. The number of rotatable bonds is 2. The third-order valence-corrected chi connectivity index (χ3v) is 2.08. The van der Waals surface area contributed by atoms with Crippen molar-refractivity contribution in [3.05, 3.63) is 41.4 Å². The Morgan fingerprint density at radius 3 is 2.62 bits per heavy atom. The van der Waals surface area contributed by atoms with Gasteiger partial charge in [0.05, 0.1) is 23.8 Å². The molecule has 3 N–H and O–H groups in total. The van der Waals surface area contributed by atoms with Crippen LogP contribution in [0.15, 0.2) is 30.6 Å². The van der Waals surface area contributed by atoms with E-state index in [1.807, 2.05) is 0 Å². The van der Waals surface area contributed by atoms with E-state index in [2.05, 4.69) is 15.3 Å². The third-order valence-electron chi connectivity index (χ3n) is 1.85. The van der Waals surface area contributed by atoms with Gasteiger partial charge in [-0.15, -0.1) is 0 Å². The van der Waals surface area contributed by atoms with Gasteiger partial charge in [-0.1, -0.05) is 11.6 Å². The largest absolute Gasteiger partial charge is 0.396 e. The van der Waals surface area contributed by atoms with E-state index in [-0.39, 0.29) is 11.6 Å². The molecule has 0 aliphatic carbocycles. The van der Waals surface area contributed by atoms with Gasteiger partial charge in [-0.3, -0.25) is 0 Å². The van der Waals surface area contributed by atoms with Gasteiger partial charge in [0, 0.05) is 5.02 Å². The maximum Gasteiger partial charge on any atom is 0.227 e. The molecule has 0 aliphatic heterocycles. The Labute approximate surface area is 96.3 Å². The maximum absolute atomic E-state index is 13.3. The van der Waals surface area contributed by atoms with Crippen LogP contribution in [0.3, 0.4) is 0 Å². The minimum absolute atomic E-state index is 0.220. The highest BCUT2D eigenvalue weighted by Crippen LogP contribution is 2.21. The fourth-order valence-corrected chi connectivity index (χ4v) is 1.29. The summed E-state index contributed by atoms with van der Waals surface area (Å²) in [6.45, 7) is 0. The third kappa shape index (κ3) is 2.38. The summed E-state index contributed by atoms with van der Waals surface area (Å²) < 4.78 is 13.3. The monoisotopic (exact) mass is 238 g/mol. The lowest BCUT2D eigenvalue weighted by Gasteiger charge is -2.05. The molecule has 0 amide bonds. The molecule has 6 heteroatoms. The van der Waals surface area contributed by atoms with Gasteiger partial charge >= 0.3 is 0 Å². The van der Waals surface area contributed by atoms with E-state index in [0.29, 0.717) is 10.7 Å². The highest BCUT2D eigenvalue weighted by molar-refractivity contribution is 6.30. The van der Waals surface area contributed by atoms with Crippen molar-refractivity contribution in [2.45, 2.75) is 0 Å². The zero-order valence-corrected chi connectivity index (χ0v) is 8.87. The van der Waals surface area contributed by atoms with Crippen molar-refractivity contribution in [3.63, 3.8) is 0 Å². The number of hydrogen-bond donors (Lipinski definition) is 2. The Balaban J connectivity index is 2.26. The highest BCUT2D eigenvalue weighted by Gasteiger charge is 2.04. The lowest BCUT2D eigenvalue weighted by molar-refractivity contribution is 0.631. The highest BCUT2D eigenvalue weighted by atomic mass is 35.5. The van der Waals surface area contributed by atoms with Crippen LogP contribution < -0.4 is 11.1 Å². The smallest absolute Gasteiger partial charge is 0.227 e. The zero-order valence-electron chi connectivity index (χ0n) is 8.11. The zero-order chi connectivity index (χ0) is 11.5. The van der Waals surface area contributed by atoms with Crippen LogP contribution in [-0.2, 0) is 0 Å². The van der Waals surface area contributed by atoms with Gasteiger partial charge in [-0.25, -0.2) is 14.4 Å². The molecule has 2 aromatic rings. The lowest BCUT2D eigenvalue weighted by Crippen LogP contribution is -1.99. The Morgan fingerprint density at radius 2 is 1.94 bits per heavy atom. The summed E-state index contributed by atoms with van der Waals surface area (Å²) in [5.74, 6) is -0.166. The minimum atomic E-state index is -0.426. The minimum Gasteiger partial charge on any atom is -0.396 e. The van der Waals surface area contributed by atoms with Crippen LogP contribution in [-0.4, -0.2) is 9.97 Å². The van der Waals surface area contributed by atoms with E-state index in [4.69, 9.17) is 17.3 Å². The number of nitrogens with one attached hydrogen (secondary N) is 1. The normalized spacial score (nSPS) is 10.1. The standard InChI is InChI=1S/C10H8ClFN4/c11-6-1-2-8(12)9(3-6)16-10-14-4-7(13)5-15-10/h1-5H,13H2,(H,14,15,16). The van der Waals surface area contributed by atoms with Crippen molar-refractivity contribution in [3.8, 4) is 0 Å². The molecule has 82 valence electrons. The molecule has 1 aromatic carbocycles. The number of nitrogens with two attached hydrogens (primary N) is 1. The van der Waals surface area contributed by atoms with Crippen LogP contribution in [0, 0.1) is 5.82 Å². The Hall–Kier alpha value is -1.88. The summed E-state index contributed by atoms with van der Waals surface area (Å²) in [6, 6.07) is 4.19. The number of benzene rings is 1. The first-order valence-electron chi connectivity index (χ1n) is 4.45. The molecule has 0 bridgehead atoms. The van der Waals surface area contributed by atoms with Crippen molar-refractivity contribution < 1.29 is 4.39 Å². The summed E-state index contributed by atoms with van der Waals surface area (Å²) in [6.07, 6.45) is 2.86. The van der Waals surface area contributed by atoms with Crippen molar-refractivity contribution in [1.29, 1.82) is 0 Å². The van der Waals surface area contributed by atoms with Crippen LogP contribution in [0.25, 0.3) is 0 Å². The molecule has 1 aromatic heterocycles. The molecule has 16 heavy (non-hydrogen) atoms. The maximum atomic E-state index is 13.3. The van der Waals surface area contributed by atoms with Gasteiger partial charge in [-0.2, -0.15) is 0 Å². The Morgan fingerprint density at radius 1 is 1.25 bits per heavy atom. The lowest BCUT2D eigenvalue weighted by atomic mass is 10.3. The van der Waals surface area contributed by atoms with Crippen molar-refractivity contribution in [2.75, 3.05) is 11.1 Å². The number of nitrogen functional groups attached to an aromatic ring is 1. The second-order valence-corrected chi connectivity index (χ2v) is 3.53. The molecule has 0 aliphatic rings. The number of hydrogen-bond acceptors (Lipinski definition) is 4. The molecule has 0 radical (unpaired) electrons. The summed E-state index contributed by atoms with van der Waals surface area (Å²) >= 11 is 5.74. The van der Waals surface area contributed by atoms with E-state index in [1.165, 1.54) is 30.6 Å². The van der Waals surface area contributed by atoms with Gasteiger partial charge in [0.2, 0.25) is 5.95 Å². The molecule has 4 nitrogen and oxygen atoms in total. The molecular formula is C10H8ClFN4. The van der Waals surface area contributed by atoms with Crippen molar-refractivity contribution in [1.82, 2.24) is 9.97 Å². The summed E-state index contributed by atoms with van der Waals surface area (Å²) in [4.78, 5) is 7.77. The summed E-state index contributed by atoms with van der Waals surface area (Å²) in [5, 5.41) is 3.13. The van der Waals surface area contributed by atoms with Gasteiger partial charge < -0.3 is 11.1 Å². The molecule has 0 spiro atoms. The summed E-state index contributed by atoms with van der Waals surface area (Å²) in [5.41, 5.74) is 6.09. The Kier molecular flexibility index (Phi) is 2.87.